The first kappa shape index (κ1) is 13.5. The summed E-state index contributed by atoms with van der Waals surface area (Å²) in [7, 11) is 0. The van der Waals surface area contributed by atoms with Crippen molar-refractivity contribution in [1.29, 1.82) is 0 Å². The molecule has 1 aromatic carbocycles. The summed E-state index contributed by atoms with van der Waals surface area (Å²) < 4.78 is 0.766. The Morgan fingerprint density at radius 1 is 1.56 bits per heavy atom. The molecule has 0 saturated heterocycles. The summed E-state index contributed by atoms with van der Waals surface area (Å²) >= 11 is 6.59. The second-order valence-corrected chi connectivity index (χ2v) is 4.96. The second-order valence-electron chi connectivity index (χ2n) is 3.39. The molecule has 0 aliphatic carbocycles. The highest BCUT2D eigenvalue weighted by molar-refractivity contribution is 9.10. The number of carbonyl (C=O) groups excluding carboxylic acids is 1. The van der Waals surface area contributed by atoms with E-state index in [4.69, 9.17) is 0 Å². The zero-order valence-electron chi connectivity index (χ0n) is 8.84. The Kier molecular flexibility index (Phi) is 5.28. The van der Waals surface area contributed by atoms with Crippen LogP contribution in [-0.2, 0) is 0 Å². The molecule has 0 aliphatic rings. The molecule has 5 heteroatoms. The predicted octanol–water partition coefficient (Wildman–Crippen LogP) is 3.06. The van der Waals surface area contributed by atoms with Gasteiger partial charge in [0, 0.05) is 15.8 Å². The maximum absolute atomic E-state index is 11.8. The number of hydrogen-bond donors (Lipinski definition) is 2. The van der Waals surface area contributed by atoms with Crippen LogP contribution < -0.4 is 5.32 Å². The lowest BCUT2D eigenvalue weighted by atomic mass is 10.1. The lowest BCUT2D eigenvalue weighted by Gasteiger charge is -2.14. The van der Waals surface area contributed by atoms with Crippen molar-refractivity contribution in [2.75, 3.05) is 5.33 Å². The number of phenolic OH excluding ortho intramolecular Hbond substituents is 1. The number of amides is 1. The van der Waals surface area contributed by atoms with E-state index in [2.05, 4.69) is 37.2 Å². The van der Waals surface area contributed by atoms with E-state index in [1.54, 1.807) is 12.1 Å². The SMILES string of the molecule is CCC(CBr)NC(=O)c1cc(Br)ccc1O. The highest BCUT2D eigenvalue weighted by Gasteiger charge is 2.14. The van der Waals surface area contributed by atoms with E-state index in [-0.39, 0.29) is 23.3 Å². The van der Waals surface area contributed by atoms with Gasteiger partial charge >= 0.3 is 0 Å². The molecular formula is C11H13Br2NO2. The van der Waals surface area contributed by atoms with Gasteiger partial charge in [0.15, 0.2) is 0 Å². The summed E-state index contributed by atoms with van der Waals surface area (Å²) in [6.45, 7) is 1.99. The molecule has 0 heterocycles. The van der Waals surface area contributed by atoms with Crippen LogP contribution in [0.5, 0.6) is 5.75 Å². The zero-order chi connectivity index (χ0) is 12.1. The monoisotopic (exact) mass is 349 g/mol. The first-order valence-corrected chi connectivity index (χ1v) is 6.85. The molecule has 2 N–H and O–H groups in total. The summed E-state index contributed by atoms with van der Waals surface area (Å²) in [5.74, 6) is -0.268. The Bertz CT molecular complexity index is 378. The van der Waals surface area contributed by atoms with Gasteiger partial charge in [-0.05, 0) is 24.6 Å². The standard InChI is InChI=1S/C11H13Br2NO2/c1-2-8(6-12)14-11(16)9-5-7(13)3-4-10(9)15/h3-5,8,15H,2,6H2,1H3,(H,14,16). The van der Waals surface area contributed by atoms with Gasteiger partial charge in [-0.2, -0.15) is 0 Å². The fourth-order valence-corrected chi connectivity index (χ4v) is 2.18. The molecule has 0 aromatic heterocycles. The van der Waals surface area contributed by atoms with Crippen LogP contribution in [0.1, 0.15) is 23.7 Å². The van der Waals surface area contributed by atoms with Gasteiger partial charge in [-0.1, -0.05) is 38.8 Å². The third kappa shape index (κ3) is 3.49. The number of nitrogens with one attached hydrogen (secondary N) is 1. The number of alkyl halides is 1. The van der Waals surface area contributed by atoms with Gasteiger partial charge in [-0.3, -0.25) is 4.79 Å². The van der Waals surface area contributed by atoms with Gasteiger partial charge in [0.1, 0.15) is 5.75 Å². The maximum Gasteiger partial charge on any atom is 0.255 e. The topological polar surface area (TPSA) is 49.3 Å². The van der Waals surface area contributed by atoms with Crippen molar-refractivity contribution in [2.45, 2.75) is 19.4 Å². The molecule has 1 amide bonds. The van der Waals surface area contributed by atoms with Crippen LogP contribution in [-0.4, -0.2) is 22.4 Å². The fourth-order valence-electron chi connectivity index (χ4n) is 1.20. The molecule has 3 nitrogen and oxygen atoms in total. The molecule has 0 spiro atoms. The van der Waals surface area contributed by atoms with Gasteiger partial charge in [0.05, 0.1) is 5.56 Å². The highest BCUT2D eigenvalue weighted by Crippen LogP contribution is 2.21. The van der Waals surface area contributed by atoms with Crippen molar-refractivity contribution in [3.05, 3.63) is 28.2 Å². The molecule has 0 bridgehead atoms. The quantitative estimate of drug-likeness (QED) is 0.820. The van der Waals surface area contributed by atoms with Crippen molar-refractivity contribution in [1.82, 2.24) is 5.32 Å². The van der Waals surface area contributed by atoms with Crippen molar-refractivity contribution < 1.29 is 9.90 Å². The highest BCUT2D eigenvalue weighted by atomic mass is 79.9. The first-order chi connectivity index (χ1) is 7.58. The van der Waals surface area contributed by atoms with E-state index >= 15 is 0 Å². The summed E-state index contributed by atoms with van der Waals surface area (Å²) in [6, 6.07) is 4.86. The van der Waals surface area contributed by atoms with Gasteiger partial charge in [-0.25, -0.2) is 0 Å². The number of carbonyl (C=O) groups is 1. The summed E-state index contributed by atoms with van der Waals surface area (Å²) in [4.78, 5) is 11.8. The van der Waals surface area contributed by atoms with Crippen molar-refractivity contribution in [3.8, 4) is 5.75 Å². The maximum atomic E-state index is 11.8. The number of halogens is 2. The Morgan fingerprint density at radius 3 is 2.81 bits per heavy atom. The van der Waals surface area contributed by atoms with E-state index in [0.29, 0.717) is 5.33 Å². The number of phenols is 1. The fraction of sp³-hybridized carbons (Fsp3) is 0.364. The minimum absolute atomic E-state index is 0.00914. The lowest BCUT2D eigenvalue weighted by molar-refractivity contribution is 0.0937. The Balaban J connectivity index is 2.83. The average molecular weight is 351 g/mol. The number of hydrogen-bond acceptors (Lipinski definition) is 2. The van der Waals surface area contributed by atoms with E-state index in [1.807, 2.05) is 6.92 Å². The zero-order valence-corrected chi connectivity index (χ0v) is 12.0. The first-order valence-electron chi connectivity index (χ1n) is 4.93. The molecule has 0 radical (unpaired) electrons. The Morgan fingerprint density at radius 2 is 2.25 bits per heavy atom. The van der Waals surface area contributed by atoms with Crippen molar-refractivity contribution in [3.63, 3.8) is 0 Å². The largest absolute Gasteiger partial charge is 0.507 e. The molecule has 0 aliphatic heterocycles. The number of benzene rings is 1. The third-order valence-electron chi connectivity index (χ3n) is 2.22. The number of aromatic hydroxyl groups is 1. The molecule has 88 valence electrons. The summed E-state index contributed by atoms with van der Waals surface area (Å²) in [6.07, 6.45) is 0.839. The predicted molar refractivity (Wildman–Crippen MR) is 71.1 cm³/mol. The molecular weight excluding hydrogens is 338 g/mol. The van der Waals surface area contributed by atoms with Gasteiger partial charge in [-0.15, -0.1) is 0 Å². The van der Waals surface area contributed by atoms with Crippen LogP contribution >= 0.6 is 31.9 Å². The Labute approximate surface area is 111 Å². The molecule has 1 aromatic rings. The van der Waals surface area contributed by atoms with E-state index in [9.17, 15) is 9.90 Å². The Hall–Kier alpha value is -0.550. The second kappa shape index (κ2) is 6.25. The van der Waals surface area contributed by atoms with Crippen molar-refractivity contribution in [2.24, 2.45) is 0 Å². The molecule has 1 unspecified atom stereocenters. The van der Waals surface area contributed by atoms with Crippen LogP contribution in [0.25, 0.3) is 0 Å². The molecule has 16 heavy (non-hydrogen) atoms. The lowest BCUT2D eigenvalue weighted by Crippen LogP contribution is -2.35. The van der Waals surface area contributed by atoms with Crippen LogP contribution in [0.15, 0.2) is 22.7 Å². The van der Waals surface area contributed by atoms with Crippen molar-refractivity contribution >= 4 is 37.8 Å². The van der Waals surface area contributed by atoms with Crippen LogP contribution in [0, 0.1) is 0 Å². The van der Waals surface area contributed by atoms with E-state index in [0.717, 1.165) is 10.9 Å². The van der Waals surface area contributed by atoms with E-state index < -0.39 is 0 Å². The minimum atomic E-state index is -0.259. The molecule has 0 fully saturated rings. The third-order valence-corrected chi connectivity index (χ3v) is 3.49. The van der Waals surface area contributed by atoms with Gasteiger partial charge in [0.2, 0.25) is 0 Å². The summed E-state index contributed by atoms with van der Waals surface area (Å²) in [5.41, 5.74) is 0.286. The number of rotatable bonds is 4. The van der Waals surface area contributed by atoms with Crippen LogP contribution in [0.3, 0.4) is 0 Å². The molecule has 0 saturated carbocycles. The molecule has 1 rings (SSSR count). The smallest absolute Gasteiger partial charge is 0.255 e. The van der Waals surface area contributed by atoms with Gasteiger partial charge in [0.25, 0.3) is 5.91 Å². The normalized spacial score (nSPS) is 12.2. The molecule has 1 atom stereocenters. The summed E-state index contributed by atoms with van der Waals surface area (Å²) in [5, 5.41) is 13.1. The minimum Gasteiger partial charge on any atom is -0.507 e. The van der Waals surface area contributed by atoms with Crippen LogP contribution in [0.4, 0.5) is 0 Å². The van der Waals surface area contributed by atoms with Crippen LogP contribution in [0.2, 0.25) is 0 Å². The van der Waals surface area contributed by atoms with E-state index in [1.165, 1.54) is 6.07 Å². The van der Waals surface area contributed by atoms with Gasteiger partial charge < -0.3 is 10.4 Å². The average Bonchev–Trinajstić information content (AvgIpc) is 2.28.